The summed E-state index contributed by atoms with van der Waals surface area (Å²) >= 11 is 0. The van der Waals surface area contributed by atoms with Crippen LogP contribution in [0.5, 0.6) is 0 Å². The maximum absolute atomic E-state index is 9.57. The van der Waals surface area contributed by atoms with Gasteiger partial charge in [0.05, 0.1) is 6.61 Å². The van der Waals surface area contributed by atoms with Gasteiger partial charge in [-0.05, 0) is 12.5 Å². The molecule has 1 unspecified atom stereocenters. The minimum Gasteiger partial charge on any atom is -0.479 e. The number of aliphatic hydroxyl groups excluding tert-OH is 1. The Kier molecular flexibility index (Phi) is 5.92. The second kappa shape index (κ2) is 6.40. The first-order chi connectivity index (χ1) is 6.25. The summed E-state index contributed by atoms with van der Waals surface area (Å²) in [7, 11) is 0. The van der Waals surface area contributed by atoms with Crippen molar-refractivity contribution < 1.29 is 9.84 Å². The molecule has 1 atom stereocenters. The first kappa shape index (κ1) is 12.9. The lowest BCUT2D eigenvalue weighted by atomic mass is 10.1. The van der Waals surface area contributed by atoms with Crippen molar-refractivity contribution in [2.24, 2.45) is 0 Å². The molecule has 14 heavy (non-hydrogen) atoms. The van der Waals surface area contributed by atoms with Gasteiger partial charge in [0.15, 0.2) is 6.10 Å². The molecule has 4 heteroatoms. The van der Waals surface area contributed by atoms with E-state index in [4.69, 9.17) is 10.1 Å². The predicted molar refractivity (Wildman–Crippen MR) is 58.0 cm³/mol. The smallest absolute Gasteiger partial charge is 0.214 e. The van der Waals surface area contributed by atoms with E-state index in [9.17, 15) is 5.11 Å². The fourth-order valence-electron chi connectivity index (χ4n) is 1.02. The van der Waals surface area contributed by atoms with Crippen LogP contribution in [0.3, 0.4) is 0 Å². The van der Waals surface area contributed by atoms with Crippen molar-refractivity contribution in [3.8, 4) is 0 Å². The van der Waals surface area contributed by atoms with Crippen LogP contribution in [0.15, 0.2) is 30.3 Å². The van der Waals surface area contributed by atoms with Crippen molar-refractivity contribution in [1.29, 1.82) is 5.41 Å². The van der Waals surface area contributed by atoms with Crippen molar-refractivity contribution in [1.82, 2.24) is 0 Å². The Bertz CT molecular complexity index is 277. The standard InChI is InChI=1S/C10H13NO2.ClH/c1-2-13-10(11)9(12)8-6-4-3-5-7-8;/h3-7,9,11-12H,2H2,1H3;1H. The summed E-state index contributed by atoms with van der Waals surface area (Å²) in [4.78, 5) is 0. The predicted octanol–water partition coefficient (Wildman–Crippen LogP) is 2.16. The van der Waals surface area contributed by atoms with Crippen LogP contribution in [0, 0.1) is 5.41 Å². The van der Waals surface area contributed by atoms with Gasteiger partial charge in [0, 0.05) is 0 Å². The monoisotopic (exact) mass is 215 g/mol. The molecule has 78 valence electrons. The number of benzene rings is 1. The van der Waals surface area contributed by atoms with Crippen LogP contribution < -0.4 is 0 Å². The second-order valence-electron chi connectivity index (χ2n) is 2.61. The lowest BCUT2D eigenvalue weighted by Gasteiger charge is -2.11. The largest absolute Gasteiger partial charge is 0.479 e. The van der Waals surface area contributed by atoms with Crippen molar-refractivity contribution in [2.75, 3.05) is 6.61 Å². The molecule has 0 fully saturated rings. The SMILES string of the molecule is CCOC(=N)C(O)c1ccccc1.Cl. The molecule has 0 bridgehead atoms. The zero-order valence-corrected chi connectivity index (χ0v) is 8.75. The van der Waals surface area contributed by atoms with Gasteiger partial charge < -0.3 is 9.84 Å². The molecule has 0 aromatic heterocycles. The highest BCUT2D eigenvalue weighted by atomic mass is 35.5. The van der Waals surface area contributed by atoms with Crippen molar-refractivity contribution in [3.63, 3.8) is 0 Å². The molecular weight excluding hydrogens is 202 g/mol. The van der Waals surface area contributed by atoms with Gasteiger partial charge in [-0.15, -0.1) is 12.4 Å². The zero-order valence-electron chi connectivity index (χ0n) is 7.93. The molecule has 0 spiro atoms. The van der Waals surface area contributed by atoms with E-state index >= 15 is 0 Å². The number of rotatable bonds is 3. The van der Waals surface area contributed by atoms with E-state index in [-0.39, 0.29) is 18.3 Å². The number of nitrogens with one attached hydrogen (secondary N) is 1. The molecule has 0 aliphatic heterocycles. The normalized spacial score (nSPS) is 11.3. The fraction of sp³-hybridized carbons (Fsp3) is 0.300. The van der Waals surface area contributed by atoms with E-state index in [1.54, 1.807) is 19.1 Å². The fourth-order valence-corrected chi connectivity index (χ4v) is 1.02. The number of aliphatic hydroxyl groups is 1. The molecule has 1 aromatic carbocycles. The summed E-state index contributed by atoms with van der Waals surface area (Å²) in [6.45, 7) is 2.19. The lowest BCUT2D eigenvalue weighted by Crippen LogP contribution is -2.14. The van der Waals surface area contributed by atoms with Crippen molar-refractivity contribution in [3.05, 3.63) is 35.9 Å². The van der Waals surface area contributed by atoms with Gasteiger partial charge in [-0.25, -0.2) is 0 Å². The molecule has 0 aliphatic rings. The van der Waals surface area contributed by atoms with Crippen LogP contribution in [0.2, 0.25) is 0 Å². The zero-order chi connectivity index (χ0) is 9.68. The highest BCUT2D eigenvalue weighted by Crippen LogP contribution is 2.13. The van der Waals surface area contributed by atoms with Crippen LogP contribution >= 0.6 is 12.4 Å². The molecule has 0 radical (unpaired) electrons. The average Bonchev–Trinajstić information content (AvgIpc) is 2.18. The molecule has 0 aliphatic carbocycles. The van der Waals surface area contributed by atoms with Gasteiger partial charge in [-0.3, -0.25) is 5.41 Å². The minimum atomic E-state index is -0.943. The van der Waals surface area contributed by atoms with Crippen molar-refractivity contribution in [2.45, 2.75) is 13.0 Å². The van der Waals surface area contributed by atoms with Gasteiger partial charge in [-0.2, -0.15) is 0 Å². The van der Waals surface area contributed by atoms with Gasteiger partial charge >= 0.3 is 0 Å². The molecule has 2 N–H and O–H groups in total. The highest BCUT2D eigenvalue weighted by molar-refractivity contribution is 5.85. The maximum atomic E-state index is 9.57. The third-order valence-corrected chi connectivity index (χ3v) is 1.66. The topological polar surface area (TPSA) is 53.3 Å². The van der Waals surface area contributed by atoms with E-state index in [0.717, 1.165) is 0 Å². The minimum absolute atomic E-state index is 0. The summed E-state index contributed by atoms with van der Waals surface area (Å²) in [5.41, 5.74) is 0.681. The van der Waals surface area contributed by atoms with Gasteiger partial charge in [0.25, 0.3) is 0 Å². The summed E-state index contributed by atoms with van der Waals surface area (Å²) in [6.07, 6.45) is -0.943. The van der Waals surface area contributed by atoms with Crippen LogP contribution in [0.1, 0.15) is 18.6 Å². The Morgan fingerprint density at radius 3 is 2.50 bits per heavy atom. The second-order valence-corrected chi connectivity index (χ2v) is 2.61. The van der Waals surface area contributed by atoms with Gasteiger partial charge in [0.1, 0.15) is 0 Å². The van der Waals surface area contributed by atoms with Crippen LogP contribution in [0.25, 0.3) is 0 Å². The third kappa shape index (κ3) is 3.36. The number of hydrogen-bond donors (Lipinski definition) is 2. The maximum Gasteiger partial charge on any atom is 0.214 e. The van der Waals surface area contributed by atoms with Gasteiger partial charge in [-0.1, -0.05) is 30.3 Å². The Labute approximate surface area is 89.6 Å². The molecule has 1 rings (SSSR count). The van der Waals surface area contributed by atoms with Gasteiger partial charge in [0.2, 0.25) is 5.90 Å². The Hall–Kier alpha value is -1.06. The number of hydrogen-bond acceptors (Lipinski definition) is 3. The Morgan fingerprint density at radius 1 is 1.43 bits per heavy atom. The van der Waals surface area contributed by atoms with E-state index < -0.39 is 6.10 Å². The molecule has 0 heterocycles. The number of ether oxygens (including phenoxy) is 1. The summed E-state index contributed by atoms with van der Waals surface area (Å²) in [5.74, 6) is -0.103. The summed E-state index contributed by atoms with van der Waals surface area (Å²) in [5, 5.41) is 16.9. The summed E-state index contributed by atoms with van der Waals surface area (Å²) in [6, 6.07) is 9.02. The first-order valence-electron chi connectivity index (χ1n) is 4.20. The Balaban J connectivity index is 0.00000169. The molecule has 1 aromatic rings. The first-order valence-corrected chi connectivity index (χ1v) is 4.20. The lowest BCUT2D eigenvalue weighted by molar-refractivity contribution is 0.190. The van der Waals surface area contributed by atoms with E-state index in [1.165, 1.54) is 0 Å². The molecular formula is C10H14ClNO2. The van der Waals surface area contributed by atoms with E-state index in [2.05, 4.69) is 0 Å². The highest BCUT2D eigenvalue weighted by Gasteiger charge is 2.13. The molecule has 0 saturated carbocycles. The summed E-state index contributed by atoms with van der Waals surface area (Å²) < 4.78 is 4.89. The van der Waals surface area contributed by atoms with Crippen LogP contribution in [-0.4, -0.2) is 17.6 Å². The Morgan fingerprint density at radius 2 is 2.00 bits per heavy atom. The molecule has 0 saturated heterocycles. The number of halogens is 1. The van der Waals surface area contributed by atoms with E-state index in [1.807, 2.05) is 18.2 Å². The van der Waals surface area contributed by atoms with E-state index in [0.29, 0.717) is 12.2 Å². The van der Waals surface area contributed by atoms with Crippen molar-refractivity contribution >= 4 is 18.3 Å². The molecule has 0 amide bonds. The van der Waals surface area contributed by atoms with Crippen LogP contribution in [0.4, 0.5) is 0 Å². The van der Waals surface area contributed by atoms with Crippen LogP contribution in [-0.2, 0) is 4.74 Å². The quantitative estimate of drug-likeness (QED) is 0.600. The third-order valence-electron chi connectivity index (χ3n) is 1.66. The average molecular weight is 216 g/mol. The molecule has 3 nitrogen and oxygen atoms in total.